The van der Waals surface area contributed by atoms with Crippen molar-refractivity contribution in [3.63, 3.8) is 0 Å². The van der Waals surface area contributed by atoms with E-state index in [0.717, 1.165) is 41.7 Å². The Labute approximate surface area is 149 Å². The molecule has 1 fully saturated rings. The van der Waals surface area contributed by atoms with Crippen LogP contribution in [0.5, 0.6) is 0 Å². The maximum Gasteiger partial charge on any atom is 0.273 e. The number of aryl methyl sites for hydroxylation is 1. The molecule has 3 aromatic heterocycles. The second kappa shape index (κ2) is 5.49. The molecule has 5 heterocycles. The largest absolute Gasteiger partial charge is 0.336 e. The van der Waals surface area contributed by atoms with Crippen LogP contribution in [0.4, 0.5) is 0 Å². The number of thiazole rings is 1. The van der Waals surface area contributed by atoms with Crippen molar-refractivity contribution in [2.45, 2.75) is 19.4 Å². The van der Waals surface area contributed by atoms with Crippen LogP contribution >= 0.6 is 11.3 Å². The van der Waals surface area contributed by atoms with Gasteiger partial charge in [-0.15, -0.1) is 11.3 Å². The first-order valence-electron chi connectivity index (χ1n) is 8.38. The average Bonchev–Trinajstić information content (AvgIpc) is 3.36. The van der Waals surface area contributed by atoms with E-state index >= 15 is 0 Å². The van der Waals surface area contributed by atoms with Crippen molar-refractivity contribution in [1.29, 1.82) is 0 Å². The molecule has 0 saturated carbocycles. The van der Waals surface area contributed by atoms with Crippen molar-refractivity contribution in [2.24, 2.45) is 5.92 Å². The summed E-state index contributed by atoms with van der Waals surface area (Å²) in [6, 6.07) is 4.03. The number of likely N-dealkylation sites (tertiary alicyclic amines) is 1. The molecule has 7 heteroatoms. The van der Waals surface area contributed by atoms with Gasteiger partial charge >= 0.3 is 0 Å². The predicted molar refractivity (Wildman–Crippen MR) is 94.4 cm³/mol. The summed E-state index contributed by atoms with van der Waals surface area (Å²) in [6.07, 6.45) is 5.55. The second-order valence-electron chi connectivity index (χ2n) is 6.68. The Hall–Kier alpha value is -2.54. The van der Waals surface area contributed by atoms with E-state index in [1.54, 1.807) is 12.4 Å². The Balaban J connectivity index is 1.40. The summed E-state index contributed by atoms with van der Waals surface area (Å²) < 4.78 is 2.31. The Morgan fingerprint density at radius 1 is 1.24 bits per heavy atom. The standard InChI is InChI=1S/C18H17N5OS/c1-11-21-15(10-25-11)18(24)22-7-13-8-23-16(12-2-4-19-5-3-12)6-20-17(23)14(13)9-22/h2-6,10,13-14H,7-9H2,1H3/t13-,14-/m0/s1. The van der Waals surface area contributed by atoms with Crippen LogP contribution in [0.25, 0.3) is 11.3 Å². The molecule has 3 aromatic rings. The summed E-state index contributed by atoms with van der Waals surface area (Å²) in [5.41, 5.74) is 2.85. The molecule has 0 spiro atoms. The first kappa shape index (κ1) is 14.8. The molecule has 126 valence electrons. The van der Waals surface area contributed by atoms with Crippen molar-refractivity contribution in [2.75, 3.05) is 13.1 Å². The first-order chi connectivity index (χ1) is 12.2. The number of nitrogens with zero attached hydrogens (tertiary/aromatic N) is 5. The molecule has 0 N–H and O–H groups in total. The summed E-state index contributed by atoms with van der Waals surface area (Å²) in [5.74, 6) is 1.90. The van der Waals surface area contributed by atoms with Crippen molar-refractivity contribution in [1.82, 2.24) is 24.4 Å². The lowest BCUT2D eigenvalue weighted by molar-refractivity contribution is 0.0778. The van der Waals surface area contributed by atoms with E-state index in [-0.39, 0.29) is 5.91 Å². The molecule has 1 amide bonds. The maximum absolute atomic E-state index is 12.7. The molecule has 6 nitrogen and oxygen atoms in total. The topological polar surface area (TPSA) is 63.9 Å². The van der Waals surface area contributed by atoms with E-state index in [1.165, 1.54) is 11.3 Å². The van der Waals surface area contributed by atoms with Crippen molar-refractivity contribution < 1.29 is 4.79 Å². The fraction of sp³-hybridized carbons (Fsp3) is 0.333. The highest BCUT2D eigenvalue weighted by atomic mass is 32.1. The van der Waals surface area contributed by atoms with Gasteiger partial charge in [-0.25, -0.2) is 9.97 Å². The third-order valence-electron chi connectivity index (χ3n) is 5.18. The van der Waals surface area contributed by atoms with Gasteiger partial charge in [0.2, 0.25) is 0 Å². The Morgan fingerprint density at radius 2 is 2.08 bits per heavy atom. The number of rotatable bonds is 2. The van der Waals surface area contributed by atoms with Crippen LogP contribution < -0.4 is 0 Å². The van der Waals surface area contributed by atoms with Gasteiger partial charge in [-0.05, 0) is 19.1 Å². The number of hydrogen-bond acceptors (Lipinski definition) is 5. The van der Waals surface area contributed by atoms with E-state index in [2.05, 4.69) is 19.5 Å². The number of carbonyl (C=O) groups is 1. The number of pyridine rings is 1. The lowest BCUT2D eigenvalue weighted by atomic mass is 9.99. The lowest BCUT2D eigenvalue weighted by Crippen LogP contribution is -2.30. The van der Waals surface area contributed by atoms with E-state index in [0.29, 0.717) is 17.5 Å². The lowest BCUT2D eigenvalue weighted by Gasteiger charge is -2.16. The van der Waals surface area contributed by atoms with E-state index < -0.39 is 0 Å². The van der Waals surface area contributed by atoms with Gasteiger partial charge in [0.15, 0.2) is 0 Å². The monoisotopic (exact) mass is 351 g/mol. The number of carbonyl (C=O) groups excluding carboxylic acids is 1. The zero-order valence-electron chi connectivity index (χ0n) is 13.8. The molecule has 2 atom stereocenters. The smallest absolute Gasteiger partial charge is 0.273 e. The first-order valence-corrected chi connectivity index (χ1v) is 9.26. The van der Waals surface area contributed by atoms with Crippen LogP contribution in [0.15, 0.2) is 36.1 Å². The molecular weight excluding hydrogens is 334 g/mol. The highest BCUT2D eigenvalue weighted by Crippen LogP contribution is 2.41. The third kappa shape index (κ3) is 2.30. The molecule has 2 aliphatic rings. The molecule has 1 saturated heterocycles. The predicted octanol–water partition coefficient (Wildman–Crippen LogP) is 2.58. The Bertz CT molecular complexity index is 948. The van der Waals surface area contributed by atoms with E-state index in [4.69, 9.17) is 0 Å². The summed E-state index contributed by atoms with van der Waals surface area (Å²) >= 11 is 1.52. The SMILES string of the molecule is Cc1nc(C(=O)N2C[C@H]3Cn4c(-c5ccncc5)cnc4[C@H]3C2)cs1. The van der Waals surface area contributed by atoms with Gasteiger partial charge in [-0.1, -0.05) is 0 Å². The van der Waals surface area contributed by atoms with Gasteiger partial charge in [-0.3, -0.25) is 9.78 Å². The van der Waals surface area contributed by atoms with Gasteiger partial charge < -0.3 is 9.47 Å². The average molecular weight is 351 g/mol. The fourth-order valence-electron chi connectivity index (χ4n) is 4.00. The zero-order chi connectivity index (χ0) is 17.0. The molecule has 25 heavy (non-hydrogen) atoms. The molecule has 5 rings (SSSR count). The second-order valence-corrected chi connectivity index (χ2v) is 7.74. The highest BCUT2D eigenvalue weighted by Gasteiger charge is 2.44. The highest BCUT2D eigenvalue weighted by molar-refractivity contribution is 7.09. The quantitative estimate of drug-likeness (QED) is 0.712. The van der Waals surface area contributed by atoms with Gasteiger partial charge in [0.25, 0.3) is 5.91 Å². The molecular formula is C18H17N5OS. The third-order valence-corrected chi connectivity index (χ3v) is 5.95. The van der Waals surface area contributed by atoms with Gasteiger partial charge in [0.1, 0.15) is 11.5 Å². The number of fused-ring (bicyclic) bond motifs is 3. The maximum atomic E-state index is 12.7. The molecule has 2 aliphatic heterocycles. The van der Waals surface area contributed by atoms with Crippen LogP contribution in [0.1, 0.15) is 27.2 Å². The van der Waals surface area contributed by atoms with Gasteiger partial charge in [0, 0.05) is 54.8 Å². The number of amides is 1. The number of hydrogen-bond donors (Lipinski definition) is 0. The molecule has 0 unspecified atom stereocenters. The summed E-state index contributed by atoms with van der Waals surface area (Å²) in [4.78, 5) is 27.7. The number of imidazole rings is 1. The fourth-order valence-corrected chi connectivity index (χ4v) is 4.59. The van der Waals surface area contributed by atoms with Crippen LogP contribution in [0.3, 0.4) is 0 Å². The van der Waals surface area contributed by atoms with E-state index in [1.807, 2.05) is 35.5 Å². The summed E-state index contributed by atoms with van der Waals surface area (Å²) in [7, 11) is 0. The van der Waals surface area contributed by atoms with Crippen LogP contribution in [-0.4, -0.2) is 43.4 Å². The molecule has 0 bridgehead atoms. The minimum Gasteiger partial charge on any atom is -0.336 e. The Morgan fingerprint density at radius 3 is 2.84 bits per heavy atom. The minimum absolute atomic E-state index is 0.0474. The normalized spacial score (nSPS) is 21.4. The van der Waals surface area contributed by atoms with Crippen LogP contribution in [-0.2, 0) is 6.54 Å². The summed E-state index contributed by atoms with van der Waals surface area (Å²) in [6.45, 7) is 4.35. The van der Waals surface area contributed by atoms with Crippen molar-refractivity contribution in [3.05, 3.63) is 52.6 Å². The van der Waals surface area contributed by atoms with E-state index in [9.17, 15) is 4.79 Å². The zero-order valence-corrected chi connectivity index (χ0v) is 14.6. The van der Waals surface area contributed by atoms with Crippen molar-refractivity contribution >= 4 is 17.2 Å². The minimum atomic E-state index is 0.0474. The van der Waals surface area contributed by atoms with Crippen molar-refractivity contribution in [3.8, 4) is 11.3 Å². The molecule has 0 aliphatic carbocycles. The number of aromatic nitrogens is 4. The molecule has 0 radical (unpaired) electrons. The van der Waals surface area contributed by atoms with Gasteiger partial charge in [0.05, 0.1) is 16.9 Å². The van der Waals surface area contributed by atoms with Crippen LogP contribution in [0.2, 0.25) is 0 Å². The molecule has 0 aromatic carbocycles. The van der Waals surface area contributed by atoms with Crippen LogP contribution in [0, 0.1) is 12.8 Å². The summed E-state index contributed by atoms with van der Waals surface area (Å²) in [5, 5.41) is 2.79. The Kier molecular flexibility index (Phi) is 3.24. The van der Waals surface area contributed by atoms with Gasteiger partial charge in [-0.2, -0.15) is 0 Å².